The number of rotatable bonds is 5. The third-order valence-electron chi connectivity index (χ3n) is 4.52. The van der Waals surface area contributed by atoms with E-state index < -0.39 is 6.10 Å². The molecule has 0 fully saturated rings. The quantitative estimate of drug-likeness (QED) is 0.408. The van der Waals surface area contributed by atoms with Gasteiger partial charge in [0, 0.05) is 11.3 Å². The zero-order valence-corrected chi connectivity index (χ0v) is 15.0. The first-order valence-electron chi connectivity index (χ1n) is 8.69. The summed E-state index contributed by atoms with van der Waals surface area (Å²) in [5.41, 5.74) is 7.55. The van der Waals surface area contributed by atoms with Gasteiger partial charge < -0.3 is 21.3 Å². The molecule has 0 saturated carbocycles. The highest BCUT2D eigenvalue weighted by Gasteiger charge is 2.18. The SMILES string of the molecule is C[C@H](/C=C/C(=O)Nc1ccccc1N)[C@@H](O)c1ccc(O)c2ccccc12. The lowest BCUT2D eigenvalue weighted by Crippen LogP contribution is -2.12. The van der Waals surface area contributed by atoms with Gasteiger partial charge in [0.25, 0.3) is 0 Å². The maximum absolute atomic E-state index is 12.1. The summed E-state index contributed by atoms with van der Waals surface area (Å²) in [6, 6.07) is 17.6. The highest BCUT2D eigenvalue weighted by Crippen LogP contribution is 2.33. The smallest absolute Gasteiger partial charge is 0.248 e. The van der Waals surface area contributed by atoms with Gasteiger partial charge in [-0.25, -0.2) is 0 Å². The second-order valence-electron chi connectivity index (χ2n) is 6.46. The molecule has 0 aromatic heterocycles. The molecule has 0 heterocycles. The van der Waals surface area contributed by atoms with Crippen molar-refractivity contribution in [3.05, 3.63) is 78.4 Å². The van der Waals surface area contributed by atoms with E-state index in [1.165, 1.54) is 6.08 Å². The Labute approximate surface area is 157 Å². The number of fused-ring (bicyclic) bond motifs is 1. The molecule has 0 aliphatic rings. The summed E-state index contributed by atoms with van der Waals surface area (Å²) in [7, 11) is 0. The number of nitrogens with two attached hydrogens (primary N) is 1. The molecule has 1 amide bonds. The first-order valence-corrected chi connectivity index (χ1v) is 8.69. The lowest BCUT2D eigenvalue weighted by atomic mass is 9.92. The van der Waals surface area contributed by atoms with Gasteiger partial charge in [0.05, 0.1) is 17.5 Å². The number of benzene rings is 3. The highest BCUT2D eigenvalue weighted by atomic mass is 16.3. The van der Waals surface area contributed by atoms with E-state index in [-0.39, 0.29) is 17.6 Å². The largest absolute Gasteiger partial charge is 0.507 e. The van der Waals surface area contributed by atoms with Crippen molar-refractivity contribution in [2.45, 2.75) is 13.0 Å². The van der Waals surface area contributed by atoms with Crippen LogP contribution in [0.2, 0.25) is 0 Å². The number of phenols is 1. The van der Waals surface area contributed by atoms with Crippen LogP contribution in [0.25, 0.3) is 10.8 Å². The Morgan fingerprint density at radius 3 is 2.44 bits per heavy atom. The minimum absolute atomic E-state index is 0.171. The van der Waals surface area contributed by atoms with E-state index in [0.717, 1.165) is 5.39 Å². The number of anilines is 2. The van der Waals surface area contributed by atoms with Gasteiger partial charge in [0.2, 0.25) is 5.91 Å². The summed E-state index contributed by atoms with van der Waals surface area (Å²) >= 11 is 0. The number of carbonyl (C=O) groups excluding carboxylic acids is 1. The maximum Gasteiger partial charge on any atom is 0.248 e. The lowest BCUT2D eigenvalue weighted by molar-refractivity contribution is -0.111. The van der Waals surface area contributed by atoms with Crippen molar-refractivity contribution in [3.8, 4) is 5.75 Å². The molecule has 5 N–H and O–H groups in total. The zero-order valence-electron chi connectivity index (χ0n) is 15.0. The fourth-order valence-corrected chi connectivity index (χ4v) is 2.98. The van der Waals surface area contributed by atoms with E-state index in [2.05, 4.69) is 5.32 Å². The summed E-state index contributed by atoms with van der Waals surface area (Å²) in [6.07, 6.45) is 2.23. The van der Waals surface area contributed by atoms with Crippen molar-refractivity contribution >= 4 is 28.1 Å². The summed E-state index contributed by atoms with van der Waals surface area (Å²) < 4.78 is 0. The Balaban J connectivity index is 1.75. The number of carbonyl (C=O) groups is 1. The molecule has 5 nitrogen and oxygen atoms in total. The molecule has 27 heavy (non-hydrogen) atoms. The number of aromatic hydroxyl groups is 1. The topological polar surface area (TPSA) is 95.6 Å². The molecule has 3 aromatic carbocycles. The molecule has 2 atom stereocenters. The van der Waals surface area contributed by atoms with Gasteiger partial charge >= 0.3 is 0 Å². The van der Waals surface area contributed by atoms with Crippen LogP contribution in [0.3, 0.4) is 0 Å². The van der Waals surface area contributed by atoms with Crippen LogP contribution in [0.4, 0.5) is 11.4 Å². The number of nitrogens with one attached hydrogen (secondary N) is 1. The van der Waals surface area contributed by atoms with Crippen LogP contribution in [-0.2, 0) is 4.79 Å². The Morgan fingerprint density at radius 2 is 1.70 bits per heavy atom. The summed E-state index contributed by atoms with van der Waals surface area (Å²) in [5.74, 6) is -0.455. The van der Waals surface area contributed by atoms with Crippen molar-refractivity contribution in [2.75, 3.05) is 11.1 Å². The van der Waals surface area contributed by atoms with Crippen molar-refractivity contribution in [1.82, 2.24) is 0 Å². The lowest BCUT2D eigenvalue weighted by Gasteiger charge is -2.18. The number of hydrogen-bond acceptors (Lipinski definition) is 4. The van der Waals surface area contributed by atoms with Gasteiger partial charge in [-0.05, 0) is 35.2 Å². The molecule has 0 radical (unpaired) electrons. The normalized spacial score (nSPS) is 13.6. The number of hydrogen-bond donors (Lipinski definition) is 4. The van der Waals surface area contributed by atoms with Gasteiger partial charge in [-0.15, -0.1) is 0 Å². The van der Waals surface area contributed by atoms with Crippen LogP contribution in [0.15, 0.2) is 72.8 Å². The van der Waals surface area contributed by atoms with E-state index >= 15 is 0 Å². The molecule has 0 saturated heterocycles. The fourth-order valence-electron chi connectivity index (χ4n) is 2.98. The molecule has 0 bridgehead atoms. The van der Waals surface area contributed by atoms with Crippen molar-refractivity contribution in [3.63, 3.8) is 0 Å². The van der Waals surface area contributed by atoms with E-state index in [9.17, 15) is 15.0 Å². The van der Waals surface area contributed by atoms with Gasteiger partial charge in [0.15, 0.2) is 0 Å². The molecular weight excluding hydrogens is 340 g/mol. The average molecular weight is 362 g/mol. The standard InChI is InChI=1S/C22H22N2O3/c1-14(10-13-21(26)24-19-9-5-4-8-18(19)23)22(27)17-11-12-20(25)16-7-3-2-6-15(16)17/h2-14,22,25,27H,23H2,1H3,(H,24,26)/b13-10+/t14-,22-/m1/s1. The Hall–Kier alpha value is -3.31. The molecule has 0 aliphatic heterocycles. The molecule has 3 aromatic rings. The van der Waals surface area contributed by atoms with Crippen LogP contribution < -0.4 is 11.1 Å². The van der Waals surface area contributed by atoms with Crippen molar-refractivity contribution < 1.29 is 15.0 Å². The number of aliphatic hydroxyl groups excluding tert-OH is 1. The van der Waals surface area contributed by atoms with E-state index in [1.54, 1.807) is 48.5 Å². The average Bonchev–Trinajstić information content (AvgIpc) is 2.68. The van der Waals surface area contributed by atoms with Crippen LogP contribution in [0, 0.1) is 5.92 Å². The third kappa shape index (κ3) is 4.10. The van der Waals surface area contributed by atoms with Crippen molar-refractivity contribution in [2.24, 2.45) is 5.92 Å². The summed E-state index contributed by atoms with van der Waals surface area (Å²) in [6.45, 7) is 1.83. The van der Waals surface area contributed by atoms with E-state index in [0.29, 0.717) is 22.3 Å². The number of nitrogen functional groups attached to an aromatic ring is 1. The molecule has 0 spiro atoms. The molecule has 5 heteroatoms. The van der Waals surface area contributed by atoms with Gasteiger partial charge in [-0.2, -0.15) is 0 Å². The van der Waals surface area contributed by atoms with Gasteiger partial charge in [-0.3, -0.25) is 4.79 Å². The molecule has 138 valence electrons. The number of phenolic OH excluding ortho intramolecular Hbond substituents is 1. The number of amides is 1. The van der Waals surface area contributed by atoms with Gasteiger partial charge in [-0.1, -0.05) is 55.5 Å². The minimum atomic E-state index is -0.818. The number of para-hydroxylation sites is 2. The van der Waals surface area contributed by atoms with Crippen molar-refractivity contribution in [1.29, 1.82) is 0 Å². The predicted octanol–water partition coefficient (Wildman–Crippen LogP) is 3.99. The van der Waals surface area contributed by atoms with Crippen LogP contribution in [0.5, 0.6) is 5.75 Å². The second-order valence-corrected chi connectivity index (χ2v) is 6.46. The van der Waals surface area contributed by atoms with Crippen LogP contribution in [0.1, 0.15) is 18.6 Å². The Bertz CT molecular complexity index is 998. The molecule has 0 aliphatic carbocycles. The van der Waals surface area contributed by atoms with Gasteiger partial charge in [0.1, 0.15) is 5.75 Å². The predicted molar refractivity (Wildman–Crippen MR) is 108 cm³/mol. The molecular formula is C22H22N2O3. The van der Waals surface area contributed by atoms with E-state index in [1.807, 2.05) is 25.1 Å². The Morgan fingerprint density at radius 1 is 1.04 bits per heavy atom. The first kappa shape index (κ1) is 18.5. The number of aliphatic hydroxyl groups is 1. The third-order valence-corrected chi connectivity index (χ3v) is 4.52. The zero-order chi connectivity index (χ0) is 19.4. The first-order chi connectivity index (χ1) is 13.0. The van der Waals surface area contributed by atoms with E-state index in [4.69, 9.17) is 5.73 Å². The summed E-state index contributed by atoms with van der Waals surface area (Å²) in [4.78, 5) is 12.1. The second kappa shape index (κ2) is 7.93. The highest BCUT2D eigenvalue weighted by molar-refractivity contribution is 6.01. The van der Waals surface area contributed by atoms with Crippen LogP contribution in [-0.4, -0.2) is 16.1 Å². The Kier molecular flexibility index (Phi) is 5.43. The summed E-state index contributed by atoms with van der Waals surface area (Å²) in [5, 5.41) is 24.9. The maximum atomic E-state index is 12.1. The fraction of sp³-hybridized carbons (Fsp3) is 0.136. The molecule has 3 rings (SSSR count). The monoisotopic (exact) mass is 362 g/mol. The van der Waals surface area contributed by atoms with Crippen LogP contribution >= 0.6 is 0 Å². The minimum Gasteiger partial charge on any atom is -0.507 e. The molecule has 0 unspecified atom stereocenters.